The van der Waals surface area contributed by atoms with Crippen molar-refractivity contribution in [2.24, 2.45) is 5.92 Å². The van der Waals surface area contributed by atoms with Gasteiger partial charge in [-0.3, -0.25) is 0 Å². The van der Waals surface area contributed by atoms with Gasteiger partial charge in [-0.1, -0.05) is 23.2 Å². The lowest BCUT2D eigenvalue weighted by Gasteiger charge is -2.25. The normalized spacial score (nSPS) is 28.5. The molecule has 0 bridgehead atoms. The van der Waals surface area contributed by atoms with Gasteiger partial charge in [0.1, 0.15) is 5.15 Å². The second-order valence-electron chi connectivity index (χ2n) is 4.43. The van der Waals surface area contributed by atoms with Crippen molar-refractivity contribution < 1.29 is 0 Å². The Morgan fingerprint density at radius 3 is 3.06 bits per heavy atom. The molecule has 86 valence electrons. The molecule has 0 spiro atoms. The summed E-state index contributed by atoms with van der Waals surface area (Å²) >= 11 is 11.8. The zero-order chi connectivity index (χ0) is 11.1. The molecule has 2 aliphatic rings. The fourth-order valence-corrected chi connectivity index (χ4v) is 3.00. The van der Waals surface area contributed by atoms with Crippen molar-refractivity contribution in [3.63, 3.8) is 0 Å². The highest BCUT2D eigenvalue weighted by Crippen LogP contribution is 2.33. The van der Waals surface area contributed by atoms with Crippen LogP contribution in [0, 0.1) is 5.92 Å². The first-order chi connectivity index (χ1) is 7.75. The molecule has 0 saturated carbocycles. The quantitative estimate of drug-likeness (QED) is 0.782. The van der Waals surface area contributed by atoms with Crippen molar-refractivity contribution in [2.75, 3.05) is 24.5 Å². The van der Waals surface area contributed by atoms with E-state index in [-0.39, 0.29) is 0 Å². The predicted molar refractivity (Wildman–Crippen MR) is 66.4 cm³/mol. The number of pyridine rings is 1. The van der Waals surface area contributed by atoms with Gasteiger partial charge in [0.15, 0.2) is 0 Å². The van der Waals surface area contributed by atoms with E-state index in [0.29, 0.717) is 16.2 Å². The number of nitrogens with zero attached hydrogens (tertiary/aromatic N) is 2. The van der Waals surface area contributed by atoms with Crippen LogP contribution >= 0.6 is 23.2 Å². The molecule has 2 saturated heterocycles. The summed E-state index contributed by atoms with van der Waals surface area (Å²) in [5.74, 6) is 0.773. The summed E-state index contributed by atoms with van der Waals surface area (Å²) in [4.78, 5) is 6.50. The zero-order valence-electron chi connectivity index (χ0n) is 8.79. The third kappa shape index (κ3) is 1.67. The molecule has 5 heteroatoms. The van der Waals surface area contributed by atoms with Crippen LogP contribution in [0.5, 0.6) is 0 Å². The van der Waals surface area contributed by atoms with Gasteiger partial charge in [0.05, 0.1) is 16.9 Å². The molecule has 2 fully saturated rings. The van der Waals surface area contributed by atoms with Crippen LogP contribution in [0.25, 0.3) is 0 Å². The molecule has 0 radical (unpaired) electrons. The summed E-state index contributed by atoms with van der Waals surface area (Å²) in [5.41, 5.74) is 1.09. The van der Waals surface area contributed by atoms with Crippen molar-refractivity contribution in [3.8, 4) is 0 Å². The maximum Gasteiger partial charge on any atom is 0.147 e. The summed E-state index contributed by atoms with van der Waals surface area (Å²) < 4.78 is 0. The first-order valence-electron chi connectivity index (χ1n) is 5.54. The van der Waals surface area contributed by atoms with Crippen LogP contribution in [0.1, 0.15) is 6.42 Å². The highest BCUT2D eigenvalue weighted by Gasteiger charge is 2.37. The molecule has 3 heterocycles. The first-order valence-corrected chi connectivity index (χ1v) is 6.29. The third-order valence-corrected chi connectivity index (χ3v) is 4.24. The number of fused-ring (bicyclic) bond motifs is 1. The van der Waals surface area contributed by atoms with Gasteiger partial charge in [-0.25, -0.2) is 4.98 Å². The van der Waals surface area contributed by atoms with Gasteiger partial charge in [-0.2, -0.15) is 0 Å². The van der Waals surface area contributed by atoms with E-state index in [9.17, 15) is 0 Å². The summed E-state index contributed by atoms with van der Waals surface area (Å²) in [6.45, 7) is 3.29. The highest BCUT2D eigenvalue weighted by molar-refractivity contribution is 6.41. The maximum atomic E-state index is 6.00. The van der Waals surface area contributed by atoms with Gasteiger partial charge in [0.2, 0.25) is 0 Å². The average Bonchev–Trinajstić information content (AvgIpc) is 2.83. The Balaban J connectivity index is 1.89. The minimum absolute atomic E-state index is 0.380. The summed E-state index contributed by atoms with van der Waals surface area (Å²) in [5, 5.41) is 4.34. The number of hydrogen-bond acceptors (Lipinski definition) is 3. The van der Waals surface area contributed by atoms with E-state index < -0.39 is 0 Å². The lowest BCUT2D eigenvalue weighted by atomic mass is 10.1. The molecule has 0 aromatic carbocycles. The first kappa shape index (κ1) is 10.6. The Kier molecular flexibility index (Phi) is 2.70. The van der Waals surface area contributed by atoms with Crippen molar-refractivity contribution in [2.45, 2.75) is 12.5 Å². The Bertz CT molecular complexity index is 410. The third-order valence-electron chi connectivity index (χ3n) is 3.56. The molecule has 1 aromatic heterocycles. The molecule has 16 heavy (non-hydrogen) atoms. The average molecular weight is 258 g/mol. The molecule has 0 unspecified atom stereocenters. The monoisotopic (exact) mass is 257 g/mol. The van der Waals surface area contributed by atoms with E-state index in [4.69, 9.17) is 23.2 Å². The lowest BCUT2D eigenvalue weighted by Crippen LogP contribution is -2.34. The molecule has 1 aromatic rings. The van der Waals surface area contributed by atoms with Crippen LogP contribution in [-0.4, -0.2) is 30.7 Å². The van der Waals surface area contributed by atoms with Crippen molar-refractivity contribution in [1.82, 2.24) is 10.3 Å². The van der Waals surface area contributed by atoms with Crippen LogP contribution in [0.2, 0.25) is 10.2 Å². The Morgan fingerprint density at radius 1 is 1.38 bits per heavy atom. The fourth-order valence-electron chi connectivity index (χ4n) is 2.74. The van der Waals surface area contributed by atoms with Crippen LogP contribution in [0.3, 0.4) is 0 Å². The van der Waals surface area contributed by atoms with E-state index in [0.717, 1.165) is 31.2 Å². The lowest BCUT2D eigenvalue weighted by molar-refractivity contribution is 0.578. The summed E-state index contributed by atoms with van der Waals surface area (Å²) in [6, 6.07) is 2.51. The number of anilines is 1. The van der Waals surface area contributed by atoms with Gasteiger partial charge >= 0.3 is 0 Å². The summed E-state index contributed by atoms with van der Waals surface area (Å²) in [6.07, 6.45) is 3.06. The fraction of sp³-hybridized carbons (Fsp3) is 0.545. The number of halogens is 2. The SMILES string of the molecule is Clc1cc(N2CC[C@@H]3CNC[C@@H]32)cnc1Cl. The highest BCUT2D eigenvalue weighted by atomic mass is 35.5. The largest absolute Gasteiger partial charge is 0.366 e. The molecule has 2 atom stereocenters. The Hall–Kier alpha value is -0.510. The van der Waals surface area contributed by atoms with Crippen molar-refractivity contribution >= 4 is 28.9 Å². The number of nitrogens with one attached hydrogen (secondary N) is 1. The van der Waals surface area contributed by atoms with Gasteiger partial charge in [0, 0.05) is 25.7 Å². The van der Waals surface area contributed by atoms with Crippen molar-refractivity contribution in [1.29, 1.82) is 0 Å². The minimum Gasteiger partial charge on any atom is -0.366 e. The van der Waals surface area contributed by atoms with E-state index in [1.807, 2.05) is 12.3 Å². The van der Waals surface area contributed by atoms with Crippen LogP contribution in [0.4, 0.5) is 5.69 Å². The minimum atomic E-state index is 0.380. The maximum absolute atomic E-state index is 6.00. The molecule has 3 rings (SSSR count). The second kappa shape index (κ2) is 4.06. The topological polar surface area (TPSA) is 28.2 Å². The van der Waals surface area contributed by atoms with E-state index in [2.05, 4.69) is 15.2 Å². The van der Waals surface area contributed by atoms with Gasteiger partial charge in [-0.05, 0) is 18.4 Å². The Morgan fingerprint density at radius 2 is 2.25 bits per heavy atom. The molecule has 0 aliphatic carbocycles. The zero-order valence-corrected chi connectivity index (χ0v) is 10.3. The number of rotatable bonds is 1. The van der Waals surface area contributed by atoms with Crippen molar-refractivity contribution in [3.05, 3.63) is 22.4 Å². The number of hydrogen-bond donors (Lipinski definition) is 1. The van der Waals surface area contributed by atoms with Crippen LogP contribution in [-0.2, 0) is 0 Å². The van der Waals surface area contributed by atoms with Gasteiger partial charge < -0.3 is 10.2 Å². The van der Waals surface area contributed by atoms with Crippen LogP contribution in [0.15, 0.2) is 12.3 Å². The van der Waals surface area contributed by atoms with E-state index in [1.54, 1.807) is 0 Å². The second-order valence-corrected chi connectivity index (χ2v) is 5.20. The molecule has 0 amide bonds. The molecule has 2 aliphatic heterocycles. The van der Waals surface area contributed by atoms with Gasteiger partial charge in [0.25, 0.3) is 0 Å². The van der Waals surface area contributed by atoms with E-state index in [1.165, 1.54) is 6.42 Å². The molecule has 1 N–H and O–H groups in total. The molecular weight excluding hydrogens is 245 g/mol. The smallest absolute Gasteiger partial charge is 0.147 e. The standard InChI is InChI=1S/C11H13Cl2N3/c12-9-3-8(5-15-11(9)13)16-2-1-7-4-14-6-10(7)16/h3,5,7,10,14H,1-2,4,6H2/t7-,10+/m1/s1. The molecular formula is C11H13Cl2N3. The Labute approximate surface area is 105 Å². The molecule has 3 nitrogen and oxygen atoms in total. The number of aromatic nitrogens is 1. The predicted octanol–water partition coefficient (Wildman–Crippen LogP) is 2.19. The van der Waals surface area contributed by atoms with E-state index >= 15 is 0 Å². The van der Waals surface area contributed by atoms with Crippen LogP contribution < -0.4 is 10.2 Å². The van der Waals surface area contributed by atoms with Gasteiger partial charge in [-0.15, -0.1) is 0 Å². The summed E-state index contributed by atoms with van der Waals surface area (Å²) in [7, 11) is 0.